The highest BCUT2D eigenvalue weighted by molar-refractivity contribution is 7.10. The number of hydrogen-bond acceptors (Lipinski definition) is 4. The largest absolute Gasteiger partial charge is 0.547 e. The summed E-state index contributed by atoms with van der Waals surface area (Å²) in [5.74, 6) is -1.15. The van der Waals surface area contributed by atoms with Gasteiger partial charge in [-0.2, -0.15) is 0 Å². The maximum Gasteiger partial charge on any atom is 0.101 e. The van der Waals surface area contributed by atoms with E-state index in [-0.39, 0.29) is 0 Å². The van der Waals surface area contributed by atoms with Gasteiger partial charge in [-0.1, -0.05) is 17.7 Å². The monoisotopic (exact) mass is 266 g/mol. The van der Waals surface area contributed by atoms with Crippen LogP contribution in [0, 0.1) is 0 Å². The van der Waals surface area contributed by atoms with Crippen LogP contribution in [0.25, 0.3) is 0 Å². The number of carboxylic acid groups (broad SMARTS) is 1. The molecule has 1 aromatic carbocycles. The SMILES string of the molecule is O=C([O-])[C@H](Nc1ccc(Cl)cc1)c1cccs1. The average Bonchev–Trinajstić information content (AvgIpc) is 2.81. The number of carbonyl (C=O) groups excluding carboxylic acids is 1. The van der Waals surface area contributed by atoms with Crippen LogP contribution < -0.4 is 10.4 Å². The van der Waals surface area contributed by atoms with Gasteiger partial charge in [0.25, 0.3) is 0 Å². The summed E-state index contributed by atoms with van der Waals surface area (Å²) in [7, 11) is 0. The minimum Gasteiger partial charge on any atom is -0.547 e. The zero-order valence-corrected chi connectivity index (χ0v) is 10.3. The summed E-state index contributed by atoms with van der Waals surface area (Å²) in [6, 6.07) is 9.58. The van der Waals surface area contributed by atoms with Crippen molar-refractivity contribution in [2.24, 2.45) is 0 Å². The van der Waals surface area contributed by atoms with E-state index in [9.17, 15) is 9.90 Å². The topological polar surface area (TPSA) is 52.2 Å². The van der Waals surface area contributed by atoms with Gasteiger partial charge in [-0.3, -0.25) is 0 Å². The first-order chi connectivity index (χ1) is 8.16. The number of carbonyl (C=O) groups is 1. The summed E-state index contributed by atoms with van der Waals surface area (Å²) in [5.41, 5.74) is 0.692. The highest BCUT2D eigenvalue weighted by atomic mass is 35.5. The van der Waals surface area contributed by atoms with Crippen LogP contribution in [0.5, 0.6) is 0 Å². The number of benzene rings is 1. The van der Waals surface area contributed by atoms with E-state index in [2.05, 4.69) is 5.32 Å². The van der Waals surface area contributed by atoms with Crippen molar-refractivity contribution in [2.45, 2.75) is 6.04 Å². The quantitative estimate of drug-likeness (QED) is 0.924. The van der Waals surface area contributed by atoms with Crippen LogP contribution in [-0.4, -0.2) is 5.97 Å². The number of aliphatic carboxylic acids is 1. The molecular weight excluding hydrogens is 258 g/mol. The van der Waals surface area contributed by atoms with Gasteiger partial charge in [-0.15, -0.1) is 11.3 Å². The Labute approximate surface area is 108 Å². The van der Waals surface area contributed by atoms with E-state index in [1.807, 2.05) is 5.38 Å². The van der Waals surface area contributed by atoms with Gasteiger partial charge in [0, 0.05) is 15.6 Å². The van der Waals surface area contributed by atoms with E-state index in [1.54, 1.807) is 36.4 Å². The lowest BCUT2D eigenvalue weighted by Gasteiger charge is -2.19. The second kappa shape index (κ2) is 5.21. The van der Waals surface area contributed by atoms with E-state index in [0.717, 1.165) is 0 Å². The molecule has 1 aromatic heterocycles. The molecule has 0 spiro atoms. The summed E-state index contributed by atoms with van der Waals surface area (Å²) < 4.78 is 0. The molecule has 0 aliphatic heterocycles. The van der Waals surface area contributed by atoms with Crippen LogP contribution in [0.1, 0.15) is 10.9 Å². The molecule has 1 N–H and O–H groups in total. The molecule has 0 bridgehead atoms. The van der Waals surface area contributed by atoms with Gasteiger partial charge in [0.05, 0.1) is 5.97 Å². The lowest BCUT2D eigenvalue weighted by Crippen LogP contribution is -2.33. The third kappa shape index (κ3) is 2.99. The minimum absolute atomic E-state index is 0.608. The van der Waals surface area contributed by atoms with Crippen LogP contribution in [-0.2, 0) is 4.79 Å². The fourth-order valence-corrected chi connectivity index (χ4v) is 2.30. The number of carboxylic acids is 1. The third-order valence-electron chi connectivity index (χ3n) is 2.22. The number of halogens is 1. The van der Waals surface area contributed by atoms with E-state index in [4.69, 9.17) is 11.6 Å². The van der Waals surface area contributed by atoms with Crippen molar-refractivity contribution >= 4 is 34.6 Å². The Morgan fingerprint density at radius 2 is 2.00 bits per heavy atom. The fourth-order valence-electron chi connectivity index (χ4n) is 1.41. The first kappa shape index (κ1) is 12.0. The van der Waals surface area contributed by atoms with Crippen molar-refractivity contribution in [3.63, 3.8) is 0 Å². The van der Waals surface area contributed by atoms with Crippen molar-refractivity contribution in [3.8, 4) is 0 Å². The molecule has 0 aliphatic rings. The molecule has 1 atom stereocenters. The van der Waals surface area contributed by atoms with Gasteiger partial charge in [-0.25, -0.2) is 0 Å². The second-order valence-electron chi connectivity index (χ2n) is 3.42. The summed E-state index contributed by atoms with van der Waals surface area (Å²) >= 11 is 7.13. The number of anilines is 1. The van der Waals surface area contributed by atoms with Crippen molar-refractivity contribution in [3.05, 3.63) is 51.7 Å². The third-order valence-corrected chi connectivity index (χ3v) is 3.41. The first-order valence-corrected chi connectivity index (χ1v) is 6.19. The molecule has 2 aromatic rings. The molecule has 5 heteroatoms. The average molecular weight is 267 g/mol. The van der Waals surface area contributed by atoms with Crippen LogP contribution in [0.3, 0.4) is 0 Å². The summed E-state index contributed by atoms with van der Waals surface area (Å²) in [6.07, 6.45) is 0. The fraction of sp³-hybridized carbons (Fsp3) is 0.0833. The Morgan fingerprint density at radius 3 is 2.53 bits per heavy atom. The second-order valence-corrected chi connectivity index (χ2v) is 4.83. The van der Waals surface area contributed by atoms with Crippen LogP contribution >= 0.6 is 22.9 Å². The molecule has 0 saturated carbocycles. The molecule has 88 valence electrons. The van der Waals surface area contributed by atoms with E-state index < -0.39 is 12.0 Å². The molecule has 2 rings (SSSR count). The highest BCUT2D eigenvalue weighted by Gasteiger charge is 2.13. The Kier molecular flexibility index (Phi) is 3.66. The van der Waals surface area contributed by atoms with Crippen molar-refractivity contribution < 1.29 is 9.90 Å². The molecule has 0 amide bonds. The van der Waals surface area contributed by atoms with Gasteiger partial charge in [0.15, 0.2) is 0 Å². The molecule has 17 heavy (non-hydrogen) atoms. The standard InChI is InChI=1S/C12H10ClNO2S/c13-8-3-5-9(6-4-8)14-11(12(15)16)10-2-1-7-17-10/h1-7,11,14H,(H,15,16)/p-1/t11-/m1/s1. The Balaban J connectivity index is 2.19. The Hall–Kier alpha value is -1.52. The predicted molar refractivity (Wildman–Crippen MR) is 67.1 cm³/mol. The summed E-state index contributed by atoms with van der Waals surface area (Å²) in [6.45, 7) is 0. The van der Waals surface area contributed by atoms with Gasteiger partial charge in [0.1, 0.15) is 6.04 Å². The van der Waals surface area contributed by atoms with E-state index >= 15 is 0 Å². The number of hydrogen-bond donors (Lipinski definition) is 1. The Morgan fingerprint density at radius 1 is 1.29 bits per heavy atom. The smallest absolute Gasteiger partial charge is 0.101 e. The van der Waals surface area contributed by atoms with Gasteiger partial charge in [-0.05, 0) is 35.7 Å². The van der Waals surface area contributed by atoms with Crippen molar-refractivity contribution in [1.82, 2.24) is 0 Å². The molecular formula is C12H9ClNO2S-. The number of thiophene rings is 1. The normalized spacial score (nSPS) is 12.1. The molecule has 0 aliphatic carbocycles. The summed E-state index contributed by atoms with van der Waals surface area (Å²) in [4.78, 5) is 11.8. The van der Waals surface area contributed by atoms with Crippen molar-refractivity contribution in [2.75, 3.05) is 5.32 Å². The zero-order chi connectivity index (χ0) is 12.3. The van der Waals surface area contributed by atoms with E-state index in [0.29, 0.717) is 15.6 Å². The Bertz CT molecular complexity index is 496. The molecule has 0 radical (unpaired) electrons. The zero-order valence-electron chi connectivity index (χ0n) is 8.72. The highest BCUT2D eigenvalue weighted by Crippen LogP contribution is 2.24. The van der Waals surface area contributed by atoms with Crippen LogP contribution in [0.2, 0.25) is 5.02 Å². The van der Waals surface area contributed by atoms with Crippen LogP contribution in [0.4, 0.5) is 5.69 Å². The lowest BCUT2D eigenvalue weighted by molar-refractivity contribution is -0.307. The molecule has 0 saturated heterocycles. The molecule has 3 nitrogen and oxygen atoms in total. The predicted octanol–water partition coefficient (Wildman–Crippen LogP) is 2.30. The maximum atomic E-state index is 11.1. The van der Waals surface area contributed by atoms with Gasteiger partial charge >= 0.3 is 0 Å². The summed E-state index contributed by atoms with van der Waals surface area (Å²) in [5, 5.41) is 16.4. The molecule has 0 fully saturated rings. The molecule has 1 heterocycles. The van der Waals surface area contributed by atoms with E-state index in [1.165, 1.54) is 11.3 Å². The van der Waals surface area contributed by atoms with Gasteiger partial charge in [0.2, 0.25) is 0 Å². The number of nitrogens with one attached hydrogen (secondary N) is 1. The minimum atomic E-state index is -1.15. The van der Waals surface area contributed by atoms with Crippen LogP contribution in [0.15, 0.2) is 41.8 Å². The maximum absolute atomic E-state index is 11.1. The number of rotatable bonds is 4. The molecule has 0 unspecified atom stereocenters. The van der Waals surface area contributed by atoms with Gasteiger partial charge < -0.3 is 15.2 Å². The lowest BCUT2D eigenvalue weighted by atomic mass is 10.2. The van der Waals surface area contributed by atoms with Crippen molar-refractivity contribution in [1.29, 1.82) is 0 Å². The first-order valence-electron chi connectivity index (χ1n) is 4.93.